The Balaban J connectivity index is 1.56. The van der Waals surface area contributed by atoms with Gasteiger partial charge in [-0.25, -0.2) is 4.68 Å². The van der Waals surface area contributed by atoms with Crippen molar-refractivity contribution in [3.8, 4) is 28.5 Å². The van der Waals surface area contributed by atoms with Crippen LogP contribution >= 0.6 is 0 Å². The maximum atomic E-state index is 12.4. The fourth-order valence-electron chi connectivity index (χ4n) is 3.48. The van der Waals surface area contributed by atoms with Crippen LogP contribution < -0.4 is 24.8 Å². The number of hydrogen-bond acceptors (Lipinski definition) is 6. The molecule has 8 nitrogen and oxygen atoms in total. The van der Waals surface area contributed by atoms with Crippen LogP contribution in [0.25, 0.3) is 11.3 Å². The predicted octanol–water partition coefficient (Wildman–Crippen LogP) is 2.61. The van der Waals surface area contributed by atoms with Gasteiger partial charge in [0, 0.05) is 12.1 Å². The molecule has 1 aromatic heterocycles. The summed E-state index contributed by atoms with van der Waals surface area (Å²) in [5.74, 6) is 1.96. The van der Waals surface area contributed by atoms with Crippen LogP contribution in [0.5, 0.6) is 17.2 Å². The molecule has 0 saturated carbocycles. The molecule has 2 heterocycles. The van der Waals surface area contributed by atoms with Gasteiger partial charge in [-0.1, -0.05) is 18.2 Å². The number of rotatable bonds is 7. The van der Waals surface area contributed by atoms with Crippen LogP contribution in [-0.2, 0) is 6.54 Å². The van der Waals surface area contributed by atoms with Crippen LogP contribution in [0.1, 0.15) is 22.2 Å². The van der Waals surface area contributed by atoms with E-state index in [-0.39, 0.29) is 12.1 Å². The Hall–Kier alpha value is -3.52. The van der Waals surface area contributed by atoms with E-state index >= 15 is 0 Å². The van der Waals surface area contributed by atoms with Gasteiger partial charge >= 0.3 is 0 Å². The van der Waals surface area contributed by atoms with Crippen molar-refractivity contribution in [2.75, 3.05) is 27.9 Å². The Morgan fingerprint density at radius 2 is 1.90 bits per heavy atom. The highest BCUT2D eigenvalue weighted by Gasteiger charge is 2.27. The van der Waals surface area contributed by atoms with Gasteiger partial charge in [0.05, 0.1) is 33.6 Å². The van der Waals surface area contributed by atoms with Crippen molar-refractivity contribution < 1.29 is 19.0 Å². The summed E-state index contributed by atoms with van der Waals surface area (Å²) < 4.78 is 17.7. The number of fused-ring (bicyclic) bond motifs is 1. The largest absolute Gasteiger partial charge is 0.497 e. The number of nitrogens with zero attached hydrogens (tertiary/aromatic N) is 2. The number of benzene rings is 2. The Labute approximate surface area is 174 Å². The average Bonchev–Trinajstić information content (AvgIpc) is 3.25. The molecule has 0 radical (unpaired) electrons. The number of ether oxygens (including phenoxy) is 3. The number of carbonyl (C=O) groups excluding carboxylic acids is 1. The summed E-state index contributed by atoms with van der Waals surface area (Å²) in [4.78, 5) is 12.4. The summed E-state index contributed by atoms with van der Waals surface area (Å²) in [6, 6.07) is 15.2. The van der Waals surface area contributed by atoms with E-state index < -0.39 is 0 Å². The number of amides is 1. The van der Waals surface area contributed by atoms with Crippen molar-refractivity contribution >= 4 is 5.91 Å². The molecule has 4 rings (SSSR count). The van der Waals surface area contributed by atoms with Crippen molar-refractivity contribution in [3.05, 3.63) is 59.8 Å². The molecular formula is C22H24N4O4. The third-order valence-corrected chi connectivity index (χ3v) is 5.07. The lowest BCUT2D eigenvalue weighted by Crippen LogP contribution is -2.45. The first-order valence-electron chi connectivity index (χ1n) is 9.59. The fourth-order valence-corrected chi connectivity index (χ4v) is 3.48. The monoisotopic (exact) mass is 408 g/mol. The number of hydrogen-bond donors (Lipinski definition) is 2. The summed E-state index contributed by atoms with van der Waals surface area (Å²) in [5.41, 5.74) is 3.16. The molecule has 156 valence electrons. The summed E-state index contributed by atoms with van der Waals surface area (Å²) in [6.07, 6.45) is -0.176. The second-order valence-corrected chi connectivity index (χ2v) is 6.89. The van der Waals surface area contributed by atoms with E-state index in [1.54, 1.807) is 32.1 Å². The quantitative estimate of drug-likeness (QED) is 0.625. The summed E-state index contributed by atoms with van der Waals surface area (Å²) in [5, 5.41) is 11.1. The molecule has 1 aliphatic rings. The number of nitrogens with one attached hydrogen (secondary N) is 2. The zero-order valence-corrected chi connectivity index (χ0v) is 17.1. The molecule has 1 atom stereocenters. The molecule has 2 aromatic carbocycles. The van der Waals surface area contributed by atoms with Gasteiger partial charge in [0.15, 0.2) is 11.5 Å². The molecule has 0 aliphatic carbocycles. The van der Waals surface area contributed by atoms with Crippen LogP contribution in [-0.4, -0.2) is 43.6 Å². The third-order valence-electron chi connectivity index (χ3n) is 5.07. The highest BCUT2D eigenvalue weighted by molar-refractivity contribution is 5.94. The smallest absolute Gasteiger partial charge is 0.269 e. The highest BCUT2D eigenvalue weighted by atomic mass is 16.5. The van der Waals surface area contributed by atoms with Gasteiger partial charge in [0.25, 0.3) is 5.91 Å². The molecule has 8 heteroatoms. The molecule has 0 fully saturated rings. The van der Waals surface area contributed by atoms with Gasteiger partial charge in [0.1, 0.15) is 17.6 Å². The highest BCUT2D eigenvalue weighted by Crippen LogP contribution is 2.28. The van der Waals surface area contributed by atoms with Crippen molar-refractivity contribution in [1.29, 1.82) is 0 Å². The van der Waals surface area contributed by atoms with E-state index in [0.29, 0.717) is 30.3 Å². The minimum Gasteiger partial charge on any atom is -0.497 e. The van der Waals surface area contributed by atoms with Crippen LogP contribution in [0.15, 0.2) is 48.5 Å². The van der Waals surface area contributed by atoms with Crippen molar-refractivity contribution in [1.82, 2.24) is 20.4 Å². The minimum absolute atomic E-state index is 0.138. The van der Waals surface area contributed by atoms with Gasteiger partial charge in [-0.2, -0.15) is 5.10 Å². The first-order chi connectivity index (χ1) is 14.6. The molecule has 0 saturated heterocycles. The number of carbonyl (C=O) groups is 1. The normalized spacial score (nSPS) is 15.3. The standard InChI is InChI=1S/C22H24N4O4/c1-28-16-6-4-5-15(10-16)17-11-18-22(27)24-13-21(26(18)25-17)23-12-14-7-8-19(29-2)20(9-14)30-3/h4-11,21,23H,12-13H2,1-3H3,(H,24,27)/t21-/m0/s1. The molecule has 30 heavy (non-hydrogen) atoms. The molecule has 0 spiro atoms. The molecule has 1 aliphatic heterocycles. The van der Waals surface area contributed by atoms with E-state index in [1.165, 1.54) is 0 Å². The minimum atomic E-state index is -0.176. The molecule has 0 unspecified atom stereocenters. The van der Waals surface area contributed by atoms with Gasteiger partial charge in [-0.3, -0.25) is 10.1 Å². The second-order valence-electron chi connectivity index (χ2n) is 6.89. The zero-order valence-electron chi connectivity index (χ0n) is 17.1. The van der Waals surface area contributed by atoms with Gasteiger partial charge in [-0.15, -0.1) is 0 Å². The summed E-state index contributed by atoms with van der Waals surface area (Å²) in [6.45, 7) is 1.02. The Bertz CT molecular complexity index is 1060. The lowest BCUT2D eigenvalue weighted by Gasteiger charge is -2.26. The van der Waals surface area contributed by atoms with Crippen LogP contribution in [0, 0.1) is 0 Å². The lowest BCUT2D eigenvalue weighted by molar-refractivity contribution is 0.0900. The van der Waals surface area contributed by atoms with Crippen molar-refractivity contribution in [2.24, 2.45) is 0 Å². The molecule has 3 aromatic rings. The molecule has 2 N–H and O–H groups in total. The van der Waals surface area contributed by atoms with Gasteiger partial charge in [-0.05, 0) is 35.9 Å². The fraction of sp³-hybridized carbons (Fsp3) is 0.273. The van der Waals surface area contributed by atoms with E-state index in [4.69, 9.17) is 19.3 Å². The Morgan fingerprint density at radius 3 is 2.67 bits per heavy atom. The van der Waals surface area contributed by atoms with Crippen LogP contribution in [0.2, 0.25) is 0 Å². The second kappa shape index (κ2) is 8.46. The van der Waals surface area contributed by atoms with Gasteiger partial charge in [0.2, 0.25) is 0 Å². The van der Waals surface area contributed by atoms with Gasteiger partial charge < -0.3 is 19.5 Å². The predicted molar refractivity (Wildman–Crippen MR) is 112 cm³/mol. The lowest BCUT2D eigenvalue weighted by atomic mass is 10.1. The van der Waals surface area contributed by atoms with E-state index in [9.17, 15) is 4.79 Å². The molecular weight excluding hydrogens is 384 g/mol. The maximum absolute atomic E-state index is 12.4. The van der Waals surface area contributed by atoms with Crippen LogP contribution in [0.4, 0.5) is 0 Å². The SMILES string of the molecule is COc1cccc(-c2cc3n(n2)[C@H](NCc2ccc(OC)c(OC)c2)CNC3=O)c1. The first kappa shape index (κ1) is 19.8. The maximum Gasteiger partial charge on any atom is 0.269 e. The number of aromatic nitrogens is 2. The van der Waals surface area contributed by atoms with E-state index in [1.807, 2.05) is 42.5 Å². The summed E-state index contributed by atoms with van der Waals surface area (Å²) in [7, 11) is 4.85. The van der Waals surface area contributed by atoms with Crippen molar-refractivity contribution in [3.63, 3.8) is 0 Å². The van der Waals surface area contributed by atoms with Crippen molar-refractivity contribution in [2.45, 2.75) is 12.7 Å². The molecule has 0 bridgehead atoms. The topological polar surface area (TPSA) is 86.6 Å². The Kier molecular flexibility index (Phi) is 5.58. The molecule has 1 amide bonds. The zero-order chi connectivity index (χ0) is 21.1. The van der Waals surface area contributed by atoms with E-state index in [0.717, 1.165) is 22.6 Å². The summed E-state index contributed by atoms with van der Waals surface area (Å²) >= 11 is 0. The average molecular weight is 408 g/mol. The Morgan fingerprint density at radius 1 is 1.07 bits per heavy atom. The van der Waals surface area contributed by atoms with E-state index in [2.05, 4.69) is 10.6 Å². The third kappa shape index (κ3) is 3.81. The number of methoxy groups -OCH3 is 3. The first-order valence-corrected chi connectivity index (χ1v) is 9.59. The van der Waals surface area contributed by atoms with Crippen LogP contribution in [0.3, 0.4) is 0 Å².